The monoisotopic (exact) mass is 378 g/mol. The molecule has 120 valence electrons. The van der Waals surface area contributed by atoms with Gasteiger partial charge in [0.25, 0.3) is 0 Å². The van der Waals surface area contributed by atoms with Gasteiger partial charge in [-0.3, -0.25) is 5.32 Å². The van der Waals surface area contributed by atoms with E-state index in [1.54, 1.807) is 6.07 Å². The van der Waals surface area contributed by atoms with Crippen LogP contribution >= 0.6 is 34.5 Å². The Bertz CT molecular complexity index is 974. The summed E-state index contributed by atoms with van der Waals surface area (Å²) in [6.07, 6.45) is 0.901. The van der Waals surface area contributed by atoms with Gasteiger partial charge in [0, 0.05) is 11.8 Å². The minimum atomic E-state index is -0.626. The number of nitrogens with zero attached hydrogens (tertiary/aromatic N) is 3. The molecule has 0 saturated heterocycles. The van der Waals surface area contributed by atoms with Crippen molar-refractivity contribution in [1.29, 1.82) is 5.26 Å². The number of fused-ring (bicyclic) bond motifs is 1. The number of halogens is 2. The number of carbonyl (C=O) groups excluding carboxylic acids is 1. The Balaban J connectivity index is 2.14. The lowest BCUT2D eigenvalue weighted by Crippen LogP contribution is -2.11. The predicted octanol–water partition coefficient (Wildman–Crippen LogP) is 4.72. The van der Waals surface area contributed by atoms with E-state index < -0.39 is 6.09 Å². The molecule has 6 nitrogen and oxygen atoms in total. The van der Waals surface area contributed by atoms with E-state index in [2.05, 4.69) is 20.0 Å². The van der Waals surface area contributed by atoms with E-state index in [-0.39, 0.29) is 0 Å². The third-order valence-electron chi connectivity index (χ3n) is 3.10. The Hall–Kier alpha value is -2.40. The Morgan fingerprint density at radius 2 is 2.08 bits per heavy atom. The van der Waals surface area contributed by atoms with Crippen LogP contribution in [0.15, 0.2) is 24.4 Å². The summed E-state index contributed by atoms with van der Waals surface area (Å²) in [6.45, 7) is 0. The van der Waals surface area contributed by atoms with Crippen LogP contribution in [0, 0.1) is 11.3 Å². The molecular weight excluding hydrogens is 371 g/mol. The first-order chi connectivity index (χ1) is 11.5. The molecule has 24 heavy (non-hydrogen) atoms. The number of nitriles is 1. The number of anilines is 1. The van der Waals surface area contributed by atoms with Gasteiger partial charge in [0.05, 0.1) is 39.0 Å². The lowest BCUT2D eigenvalue weighted by Gasteiger charge is -2.04. The first-order valence-electron chi connectivity index (χ1n) is 6.53. The van der Waals surface area contributed by atoms with Gasteiger partial charge < -0.3 is 4.74 Å². The van der Waals surface area contributed by atoms with E-state index in [0.29, 0.717) is 42.2 Å². The molecule has 0 radical (unpaired) electrons. The molecule has 2 aromatic heterocycles. The minimum Gasteiger partial charge on any atom is -0.453 e. The van der Waals surface area contributed by atoms with Crippen LogP contribution in [0.2, 0.25) is 10.0 Å². The summed E-state index contributed by atoms with van der Waals surface area (Å²) in [7, 11) is 1.27. The molecular formula is C15H8Cl2N4O2S. The molecule has 1 N–H and O–H groups in total. The number of methoxy groups -OCH3 is 1. The summed E-state index contributed by atoms with van der Waals surface area (Å²) < 4.78 is 5.24. The van der Waals surface area contributed by atoms with Gasteiger partial charge in [0.15, 0.2) is 5.82 Å². The Kier molecular flexibility index (Phi) is 4.53. The summed E-state index contributed by atoms with van der Waals surface area (Å²) in [5, 5.41) is 12.7. The van der Waals surface area contributed by atoms with E-state index in [1.807, 2.05) is 6.07 Å². The number of benzene rings is 1. The molecule has 1 aromatic carbocycles. The van der Waals surface area contributed by atoms with Crippen LogP contribution in [0.3, 0.4) is 0 Å². The molecule has 0 aliphatic carbocycles. The standard InChI is InChI=1S/C15H8Cl2N4O2S/c1-23-15(22)21-13-12-10(2-3-19-13)20-14(24-12)11-8(16)4-7(6-18)5-9(11)17/h2-5H,1H3,(H,19,21,22). The fourth-order valence-electron chi connectivity index (χ4n) is 2.04. The van der Waals surface area contributed by atoms with Crippen molar-refractivity contribution in [2.45, 2.75) is 0 Å². The molecule has 0 atom stereocenters. The summed E-state index contributed by atoms with van der Waals surface area (Å²) in [6, 6.07) is 6.76. The molecule has 2 heterocycles. The van der Waals surface area contributed by atoms with Gasteiger partial charge in [-0.05, 0) is 18.2 Å². The summed E-state index contributed by atoms with van der Waals surface area (Å²) in [4.78, 5) is 20.0. The van der Waals surface area contributed by atoms with Crippen LogP contribution in [0.25, 0.3) is 20.8 Å². The topological polar surface area (TPSA) is 87.9 Å². The number of carbonyl (C=O) groups is 1. The van der Waals surface area contributed by atoms with Gasteiger partial charge in [0.1, 0.15) is 5.01 Å². The number of pyridine rings is 1. The number of thiazole rings is 1. The first kappa shape index (κ1) is 16.5. The molecule has 0 aliphatic heterocycles. The molecule has 3 rings (SSSR count). The number of hydrogen-bond acceptors (Lipinski definition) is 6. The maximum Gasteiger partial charge on any atom is 0.412 e. The predicted molar refractivity (Wildman–Crippen MR) is 93.6 cm³/mol. The van der Waals surface area contributed by atoms with Crippen molar-refractivity contribution < 1.29 is 9.53 Å². The number of amides is 1. The number of hydrogen-bond donors (Lipinski definition) is 1. The van der Waals surface area contributed by atoms with E-state index in [1.165, 1.54) is 36.8 Å². The average molecular weight is 379 g/mol. The number of aromatic nitrogens is 2. The summed E-state index contributed by atoms with van der Waals surface area (Å²) in [5.74, 6) is 0.337. The van der Waals surface area contributed by atoms with Gasteiger partial charge in [0.2, 0.25) is 0 Å². The fraction of sp³-hybridized carbons (Fsp3) is 0.0667. The quantitative estimate of drug-likeness (QED) is 0.696. The van der Waals surface area contributed by atoms with E-state index in [0.717, 1.165) is 0 Å². The molecule has 0 bridgehead atoms. The van der Waals surface area contributed by atoms with Crippen molar-refractivity contribution in [3.8, 4) is 16.6 Å². The number of ether oxygens (including phenoxy) is 1. The van der Waals surface area contributed by atoms with Crippen molar-refractivity contribution in [1.82, 2.24) is 9.97 Å². The van der Waals surface area contributed by atoms with Gasteiger partial charge in [-0.15, -0.1) is 11.3 Å². The number of nitrogens with one attached hydrogen (secondary N) is 1. The first-order valence-corrected chi connectivity index (χ1v) is 8.10. The van der Waals surface area contributed by atoms with Gasteiger partial charge in [-0.2, -0.15) is 5.26 Å². The van der Waals surface area contributed by atoms with Gasteiger partial charge in [-0.25, -0.2) is 14.8 Å². The van der Waals surface area contributed by atoms with E-state index in [9.17, 15) is 4.79 Å². The summed E-state index contributed by atoms with van der Waals surface area (Å²) >= 11 is 13.8. The molecule has 0 unspecified atom stereocenters. The molecule has 0 aliphatic rings. The molecule has 0 fully saturated rings. The van der Waals surface area contributed by atoms with Crippen LogP contribution in [0.1, 0.15) is 5.56 Å². The largest absolute Gasteiger partial charge is 0.453 e. The van der Waals surface area contributed by atoms with Crippen LogP contribution in [0.5, 0.6) is 0 Å². The molecule has 0 spiro atoms. The van der Waals surface area contributed by atoms with Gasteiger partial charge in [-0.1, -0.05) is 23.2 Å². The van der Waals surface area contributed by atoms with Crippen molar-refractivity contribution in [3.63, 3.8) is 0 Å². The molecule has 9 heteroatoms. The third-order valence-corrected chi connectivity index (χ3v) is 4.79. The van der Waals surface area contributed by atoms with E-state index in [4.69, 9.17) is 28.5 Å². The Labute approximate surface area is 150 Å². The van der Waals surface area contributed by atoms with Crippen molar-refractivity contribution in [3.05, 3.63) is 40.0 Å². The van der Waals surface area contributed by atoms with Crippen LogP contribution in [-0.4, -0.2) is 23.2 Å². The zero-order valence-electron chi connectivity index (χ0n) is 12.1. The fourth-order valence-corrected chi connectivity index (χ4v) is 3.90. The van der Waals surface area contributed by atoms with Crippen molar-refractivity contribution in [2.24, 2.45) is 0 Å². The van der Waals surface area contributed by atoms with Gasteiger partial charge >= 0.3 is 6.09 Å². The zero-order chi connectivity index (χ0) is 17.3. The average Bonchev–Trinajstić information content (AvgIpc) is 2.98. The second kappa shape index (κ2) is 6.61. The lowest BCUT2D eigenvalue weighted by atomic mass is 10.1. The highest BCUT2D eigenvalue weighted by Gasteiger charge is 2.17. The lowest BCUT2D eigenvalue weighted by molar-refractivity contribution is 0.187. The molecule has 1 amide bonds. The Morgan fingerprint density at radius 3 is 2.71 bits per heavy atom. The maximum absolute atomic E-state index is 11.4. The second-order valence-electron chi connectivity index (χ2n) is 4.57. The van der Waals surface area contributed by atoms with Crippen LogP contribution < -0.4 is 5.32 Å². The van der Waals surface area contributed by atoms with E-state index >= 15 is 0 Å². The van der Waals surface area contributed by atoms with Crippen LogP contribution in [-0.2, 0) is 4.74 Å². The highest BCUT2D eigenvalue weighted by atomic mass is 35.5. The summed E-state index contributed by atoms with van der Waals surface area (Å²) in [5.41, 5.74) is 1.53. The normalized spacial score (nSPS) is 10.4. The van der Waals surface area contributed by atoms with Crippen molar-refractivity contribution in [2.75, 3.05) is 12.4 Å². The highest BCUT2D eigenvalue weighted by molar-refractivity contribution is 7.22. The highest BCUT2D eigenvalue weighted by Crippen LogP contribution is 2.41. The minimum absolute atomic E-state index is 0.327. The number of rotatable bonds is 2. The maximum atomic E-state index is 11.4. The zero-order valence-corrected chi connectivity index (χ0v) is 14.5. The molecule has 3 aromatic rings. The second-order valence-corrected chi connectivity index (χ2v) is 6.38. The Morgan fingerprint density at radius 1 is 1.38 bits per heavy atom. The molecule has 0 saturated carbocycles. The van der Waals surface area contributed by atoms with Crippen LogP contribution in [0.4, 0.5) is 10.6 Å². The smallest absolute Gasteiger partial charge is 0.412 e. The SMILES string of the molecule is COC(=O)Nc1nccc2nc(-c3c(Cl)cc(C#N)cc3Cl)sc12. The third kappa shape index (κ3) is 2.99. The van der Waals surface area contributed by atoms with Crippen molar-refractivity contribution >= 4 is 56.7 Å².